The maximum absolute atomic E-state index is 11.4. The summed E-state index contributed by atoms with van der Waals surface area (Å²) in [6.07, 6.45) is 0. The predicted octanol–water partition coefficient (Wildman–Crippen LogP) is 1.97. The van der Waals surface area contributed by atoms with Gasteiger partial charge in [0.25, 0.3) is 0 Å². The second kappa shape index (κ2) is 6.55. The highest BCUT2D eigenvalue weighted by atomic mass is 16.6. The monoisotopic (exact) mass is 225 g/mol. The Morgan fingerprint density at radius 1 is 1.38 bits per heavy atom. The Kier molecular flexibility index (Phi) is 6.13. The first kappa shape index (κ1) is 15.0. The molecule has 0 spiro atoms. The average molecular weight is 225 g/mol. The molecule has 0 fully saturated rings. The lowest BCUT2D eigenvalue weighted by Gasteiger charge is -2.17. The number of hydrogen-bond donors (Lipinski definition) is 1. The molecule has 0 aromatic rings. The van der Waals surface area contributed by atoms with Crippen molar-refractivity contribution in [2.75, 3.05) is 6.54 Å². The van der Waals surface area contributed by atoms with Crippen LogP contribution >= 0.6 is 0 Å². The SMILES string of the molecule is CCNC(C#CC(=O)OC(C)(C)C)C(C)C. The van der Waals surface area contributed by atoms with Gasteiger partial charge in [-0.3, -0.25) is 0 Å². The summed E-state index contributed by atoms with van der Waals surface area (Å²) >= 11 is 0. The zero-order valence-electron chi connectivity index (χ0n) is 11.2. The molecule has 92 valence electrons. The third-order valence-electron chi connectivity index (χ3n) is 1.82. The minimum absolute atomic E-state index is 0.0394. The van der Waals surface area contributed by atoms with Gasteiger partial charge in [-0.2, -0.15) is 0 Å². The van der Waals surface area contributed by atoms with Crippen LogP contribution in [0.4, 0.5) is 0 Å². The van der Waals surface area contributed by atoms with Gasteiger partial charge in [0, 0.05) is 5.92 Å². The van der Waals surface area contributed by atoms with E-state index in [1.165, 1.54) is 0 Å². The fourth-order valence-corrected chi connectivity index (χ4v) is 1.11. The predicted molar refractivity (Wildman–Crippen MR) is 65.9 cm³/mol. The molecule has 3 heteroatoms. The molecule has 0 amide bonds. The number of carbonyl (C=O) groups is 1. The third kappa shape index (κ3) is 7.30. The van der Waals surface area contributed by atoms with E-state index in [0.717, 1.165) is 6.54 Å². The molecule has 1 unspecified atom stereocenters. The van der Waals surface area contributed by atoms with Crippen LogP contribution in [0.5, 0.6) is 0 Å². The first-order valence-corrected chi connectivity index (χ1v) is 5.74. The Morgan fingerprint density at radius 3 is 2.31 bits per heavy atom. The molecular formula is C13H23NO2. The molecule has 0 saturated carbocycles. The van der Waals surface area contributed by atoms with Crippen LogP contribution < -0.4 is 5.32 Å². The zero-order chi connectivity index (χ0) is 12.8. The maximum Gasteiger partial charge on any atom is 0.384 e. The van der Waals surface area contributed by atoms with E-state index in [2.05, 4.69) is 31.0 Å². The van der Waals surface area contributed by atoms with Gasteiger partial charge in [0.05, 0.1) is 6.04 Å². The minimum Gasteiger partial charge on any atom is -0.450 e. The van der Waals surface area contributed by atoms with Gasteiger partial charge in [-0.15, -0.1) is 0 Å². The van der Waals surface area contributed by atoms with E-state index in [1.807, 2.05) is 27.7 Å². The van der Waals surface area contributed by atoms with E-state index in [9.17, 15) is 4.79 Å². The van der Waals surface area contributed by atoms with Crippen molar-refractivity contribution in [3.8, 4) is 11.8 Å². The van der Waals surface area contributed by atoms with Crippen LogP contribution in [0.1, 0.15) is 41.5 Å². The van der Waals surface area contributed by atoms with Gasteiger partial charge < -0.3 is 10.1 Å². The largest absolute Gasteiger partial charge is 0.450 e. The lowest BCUT2D eigenvalue weighted by molar-refractivity contribution is -0.147. The standard InChI is InChI=1S/C13H23NO2/c1-7-14-11(10(2)3)8-9-12(15)16-13(4,5)6/h10-11,14H,7H2,1-6H3. The second-order valence-electron chi connectivity index (χ2n) is 5.05. The molecule has 3 nitrogen and oxygen atoms in total. The highest BCUT2D eigenvalue weighted by molar-refractivity contribution is 5.88. The maximum atomic E-state index is 11.4. The average Bonchev–Trinajstić information content (AvgIpc) is 2.08. The summed E-state index contributed by atoms with van der Waals surface area (Å²) in [4.78, 5) is 11.4. The van der Waals surface area contributed by atoms with Gasteiger partial charge >= 0.3 is 5.97 Å². The van der Waals surface area contributed by atoms with Crippen LogP contribution in [0.15, 0.2) is 0 Å². The fraction of sp³-hybridized carbons (Fsp3) is 0.769. The minimum atomic E-state index is -0.475. The molecule has 0 rings (SSSR count). The molecule has 0 aromatic heterocycles. The highest BCUT2D eigenvalue weighted by Crippen LogP contribution is 2.06. The topological polar surface area (TPSA) is 38.3 Å². The van der Waals surface area contributed by atoms with Crippen LogP contribution in [0.2, 0.25) is 0 Å². The summed E-state index contributed by atoms with van der Waals surface area (Å²) in [7, 11) is 0. The molecule has 0 bridgehead atoms. The molecule has 0 aliphatic carbocycles. The van der Waals surface area contributed by atoms with Crippen molar-refractivity contribution in [3.63, 3.8) is 0 Å². The normalized spacial score (nSPS) is 12.9. The number of rotatable bonds is 3. The lowest BCUT2D eigenvalue weighted by Crippen LogP contribution is -2.32. The van der Waals surface area contributed by atoms with Crippen molar-refractivity contribution < 1.29 is 9.53 Å². The molecule has 16 heavy (non-hydrogen) atoms. The van der Waals surface area contributed by atoms with Gasteiger partial charge in [0.15, 0.2) is 0 Å². The quantitative estimate of drug-likeness (QED) is 0.453. The van der Waals surface area contributed by atoms with Crippen LogP contribution in [0, 0.1) is 17.8 Å². The number of esters is 1. The second-order valence-corrected chi connectivity index (χ2v) is 5.05. The Labute approximate surface area is 98.9 Å². The first-order chi connectivity index (χ1) is 7.26. The van der Waals surface area contributed by atoms with Crippen molar-refractivity contribution in [1.82, 2.24) is 5.32 Å². The van der Waals surface area contributed by atoms with Crippen molar-refractivity contribution in [3.05, 3.63) is 0 Å². The number of ether oxygens (including phenoxy) is 1. The summed E-state index contributed by atoms with van der Waals surface area (Å²) in [5, 5.41) is 3.22. The van der Waals surface area contributed by atoms with E-state index in [1.54, 1.807) is 0 Å². The van der Waals surface area contributed by atoms with E-state index in [-0.39, 0.29) is 6.04 Å². The summed E-state index contributed by atoms with van der Waals surface area (Å²) in [6, 6.07) is 0.0394. The van der Waals surface area contributed by atoms with E-state index >= 15 is 0 Å². The van der Waals surface area contributed by atoms with Crippen LogP contribution in [0.25, 0.3) is 0 Å². The Morgan fingerprint density at radius 2 is 1.94 bits per heavy atom. The highest BCUT2D eigenvalue weighted by Gasteiger charge is 2.15. The molecule has 0 heterocycles. The van der Waals surface area contributed by atoms with Gasteiger partial charge in [-0.1, -0.05) is 26.7 Å². The van der Waals surface area contributed by atoms with Crippen LogP contribution in [0.3, 0.4) is 0 Å². The van der Waals surface area contributed by atoms with E-state index in [0.29, 0.717) is 5.92 Å². The van der Waals surface area contributed by atoms with Crippen molar-refractivity contribution in [2.24, 2.45) is 5.92 Å². The molecule has 0 aromatic carbocycles. The molecule has 0 aliphatic rings. The lowest BCUT2D eigenvalue weighted by atomic mass is 10.1. The van der Waals surface area contributed by atoms with Crippen LogP contribution in [-0.2, 0) is 9.53 Å². The Bertz CT molecular complexity index is 279. The smallest absolute Gasteiger partial charge is 0.384 e. The summed E-state index contributed by atoms with van der Waals surface area (Å²) in [5.41, 5.74) is -0.475. The Balaban J connectivity index is 4.39. The van der Waals surface area contributed by atoms with Crippen molar-refractivity contribution in [1.29, 1.82) is 0 Å². The van der Waals surface area contributed by atoms with Gasteiger partial charge in [0.2, 0.25) is 0 Å². The summed E-state index contributed by atoms with van der Waals surface area (Å²) in [6.45, 7) is 12.5. The van der Waals surface area contributed by atoms with Crippen molar-refractivity contribution >= 4 is 5.97 Å². The molecule has 1 N–H and O–H groups in total. The molecule has 0 radical (unpaired) electrons. The molecule has 0 aliphatic heterocycles. The Hall–Kier alpha value is -1.01. The molecule has 1 atom stereocenters. The molecule has 0 saturated heterocycles. The summed E-state index contributed by atoms with van der Waals surface area (Å²) < 4.78 is 5.11. The molecular weight excluding hydrogens is 202 g/mol. The van der Waals surface area contributed by atoms with Gasteiger partial charge in [0.1, 0.15) is 5.60 Å². The zero-order valence-corrected chi connectivity index (χ0v) is 11.2. The van der Waals surface area contributed by atoms with Gasteiger partial charge in [-0.25, -0.2) is 4.79 Å². The number of carbonyl (C=O) groups excluding carboxylic acids is 1. The fourth-order valence-electron chi connectivity index (χ4n) is 1.11. The van der Waals surface area contributed by atoms with Crippen molar-refractivity contribution in [2.45, 2.75) is 53.2 Å². The van der Waals surface area contributed by atoms with E-state index < -0.39 is 11.6 Å². The third-order valence-corrected chi connectivity index (χ3v) is 1.82. The van der Waals surface area contributed by atoms with Crippen LogP contribution in [-0.4, -0.2) is 24.2 Å². The van der Waals surface area contributed by atoms with Gasteiger partial charge in [-0.05, 0) is 33.2 Å². The first-order valence-electron chi connectivity index (χ1n) is 5.74. The number of nitrogens with one attached hydrogen (secondary N) is 1. The van der Waals surface area contributed by atoms with E-state index in [4.69, 9.17) is 4.74 Å². The summed E-state index contributed by atoms with van der Waals surface area (Å²) in [5.74, 6) is 5.35. The number of hydrogen-bond acceptors (Lipinski definition) is 3.